The van der Waals surface area contributed by atoms with Gasteiger partial charge in [0.1, 0.15) is 17.3 Å². The molecular weight excluding hydrogens is 395 g/mol. The van der Waals surface area contributed by atoms with E-state index in [1.54, 1.807) is 36.4 Å². The summed E-state index contributed by atoms with van der Waals surface area (Å²) in [4.78, 5) is 27.9. The molecule has 1 N–H and O–H groups in total. The van der Waals surface area contributed by atoms with Crippen LogP contribution in [-0.4, -0.2) is 18.4 Å². The maximum atomic E-state index is 13.5. The quantitative estimate of drug-likeness (QED) is 0.579. The lowest BCUT2D eigenvalue weighted by Crippen LogP contribution is -2.33. The van der Waals surface area contributed by atoms with Crippen LogP contribution < -0.4 is 15.0 Å². The minimum absolute atomic E-state index is 0.143. The number of halogens is 1. The summed E-state index contributed by atoms with van der Waals surface area (Å²) in [6.45, 7) is 4.28. The van der Waals surface area contributed by atoms with Gasteiger partial charge in [0.2, 0.25) is 0 Å². The first kappa shape index (κ1) is 20.3. The van der Waals surface area contributed by atoms with Crippen molar-refractivity contribution < 1.29 is 18.7 Å². The minimum atomic E-state index is -0.465. The zero-order chi connectivity index (χ0) is 22.0. The predicted molar refractivity (Wildman–Crippen MR) is 118 cm³/mol. The molecule has 6 heteroatoms. The third-order valence-corrected chi connectivity index (χ3v) is 5.01. The molecule has 0 spiro atoms. The maximum Gasteiger partial charge on any atom is 0.282 e. The Balaban J connectivity index is 1.78. The van der Waals surface area contributed by atoms with Gasteiger partial charge < -0.3 is 10.1 Å². The van der Waals surface area contributed by atoms with Gasteiger partial charge in [0.25, 0.3) is 11.8 Å². The van der Waals surface area contributed by atoms with Crippen LogP contribution in [0.3, 0.4) is 0 Å². The fraction of sp³-hybridized carbons (Fsp3) is 0.120. The number of rotatable bonds is 6. The van der Waals surface area contributed by atoms with Crippen LogP contribution in [0.25, 0.3) is 5.57 Å². The zero-order valence-corrected chi connectivity index (χ0v) is 17.2. The normalized spacial score (nSPS) is 13.7. The molecule has 1 aliphatic rings. The number of aryl methyl sites for hydroxylation is 1. The third kappa shape index (κ3) is 3.92. The first-order chi connectivity index (χ1) is 15.0. The lowest BCUT2D eigenvalue weighted by molar-refractivity contribution is -0.120. The van der Waals surface area contributed by atoms with Gasteiger partial charge in [-0.15, -0.1) is 0 Å². The number of amides is 2. The molecule has 0 saturated carbocycles. The van der Waals surface area contributed by atoms with Crippen molar-refractivity contribution in [3.8, 4) is 5.75 Å². The van der Waals surface area contributed by atoms with Crippen molar-refractivity contribution in [2.24, 2.45) is 0 Å². The summed E-state index contributed by atoms with van der Waals surface area (Å²) >= 11 is 0. The number of imide groups is 1. The second-order valence-corrected chi connectivity index (χ2v) is 7.07. The lowest BCUT2D eigenvalue weighted by Gasteiger charge is -2.17. The summed E-state index contributed by atoms with van der Waals surface area (Å²) < 4.78 is 18.9. The van der Waals surface area contributed by atoms with Crippen molar-refractivity contribution in [3.63, 3.8) is 0 Å². The highest BCUT2D eigenvalue weighted by atomic mass is 19.1. The van der Waals surface area contributed by atoms with Crippen molar-refractivity contribution in [1.82, 2.24) is 0 Å². The lowest BCUT2D eigenvalue weighted by atomic mass is 10.0. The zero-order valence-electron chi connectivity index (χ0n) is 17.2. The van der Waals surface area contributed by atoms with Gasteiger partial charge in [-0.1, -0.05) is 30.3 Å². The average Bonchev–Trinajstić information content (AvgIpc) is 3.00. The molecule has 0 bridgehead atoms. The Morgan fingerprint density at radius 2 is 1.58 bits per heavy atom. The molecule has 156 valence electrons. The van der Waals surface area contributed by atoms with Gasteiger partial charge in [-0.2, -0.15) is 0 Å². The second kappa shape index (κ2) is 8.44. The van der Waals surface area contributed by atoms with Crippen molar-refractivity contribution in [3.05, 3.63) is 95.4 Å². The number of nitrogens with zero attached hydrogens (tertiary/aromatic N) is 1. The monoisotopic (exact) mass is 416 g/mol. The van der Waals surface area contributed by atoms with E-state index in [0.29, 0.717) is 29.3 Å². The van der Waals surface area contributed by atoms with Crippen LogP contribution in [-0.2, 0) is 9.59 Å². The van der Waals surface area contributed by atoms with Crippen LogP contribution in [0.15, 0.2) is 78.5 Å². The Hall–Kier alpha value is -3.93. The van der Waals surface area contributed by atoms with Crippen molar-refractivity contribution >= 4 is 28.8 Å². The Morgan fingerprint density at radius 3 is 2.23 bits per heavy atom. The summed E-state index contributed by atoms with van der Waals surface area (Å²) in [6.07, 6.45) is 0. The summed E-state index contributed by atoms with van der Waals surface area (Å²) in [6, 6.07) is 19.8. The van der Waals surface area contributed by atoms with Crippen molar-refractivity contribution in [2.45, 2.75) is 13.8 Å². The highest BCUT2D eigenvalue weighted by molar-refractivity contribution is 6.46. The number of nitrogens with one attached hydrogen (secondary N) is 1. The smallest absolute Gasteiger partial charge is 0.282 e. The van der Waals surface area contributed by atoms with E-state index >= 15 is 0 Å². The first-order valence-corrected chi connectivity index (χ1v) is 9.94. The van der Waals surface area contributed by atoms with E-state index in [2.05, 4.69) is 5.32 Å². The molecule has 5 nitrogen and oxygen atoms in total. The van der Waals surface area contributed by atoms with Gasteiger partial charge in [0, 0.05) is 5.69 Å². The average molecular weight is 416 g/mol. The summed E-state index contributed by atoms with van der Waals surface area (Å²) in [7, 11) is 0. The number of carbonyl (C=O) groups excluding carboxylic acids is 2. The van der Waals surface area contributed by atoms with Crippen LogP contribution in [0.1, 0.15) is 18.1 Å². The molecule has 0 aliphatic carbocycles. The molecule has 0 unspecified atom stereocenters. The van der Waals surface area contributed by atoms with Crippen molar-refractivity contribution in [2.75, 3.05) is 16.8 Å². The minimum Gasteiger partial charge on any atom is -0.494 e. The number of hydrogen-bond acceptors (Lipinski definition) is 4. The Bertz CT molecular complexity index is 1170. The van der Waals surface area contributed by atoms with Crippen molar-refractivity contribution in [1.29, 1.82) is 0 Å². The van der Waals surface area contributed by atoms with Gasteiger partial charge >= 0.3 is 0 Å². The molecule has 1 heterocycles. The predicted octanol–water partition coefficient (Wildman–Crippen LogP) is 4.93. The molecule has 0 aromatic heterocycles. The standard InChI is InChI=1S/C25H21FN2O3/c1-3-31-20-14-12-19(13-15-20)27-23-22(17-8-10-18(26)11-9-17)24(29)28(25(23)30)21-7-5-4-6-16(21)2/h4-15,27H,3H2,1-2H3. The van der Waals surface area contributed by atoms with Gasteiger partial charge in [0.15, 0.2) is 0 Å². The van der Waals surface area contributed by atoms with E-state index < -0.39 is 17.6 Å². The van der Waals surface area contributed by atoms with E-state index in [1.165, 1.54) is 24.3 Å². The molecule has 3 aromatic carbocycles. The molecule has 31 heavy (non-hydrogen) atoms. The molecule has 0 fully saturated rings. The molecule has 0 radical (unpaired) electrons. The number of benzene rings is 3. The van der Waals surface area contributed by atoms with E-state index in [0.717, 1.165) is 10.5 Å². The number of para-hydroxylation sites is 1. The van der Waals surface area contributed by atoms with Gasteiger partial charge in [-0.05, 0) is 67.4 Å². The Morgan fingerprint density at radius 1 is 0.903 bits per heavy atom. The van der Waals surface area contributed by atoms with Gasteiger partial charge in [-0.25, -0.2) is 9.29 Å². The molecule has 1 aliphatic heterocycles. The fourth-order valence-electron chi connectivity index (χ4n) is 3.51. The van der Waals surface area contributed by atoms with Gasteiger partial charge in [0.05, 0.1) is 17.9 Å². The summed E-state index contributed by atoms with van der Waals surface area (Å²) in [5, 5.41) is 3.09. The molecule has 3 aromatic rings. The topological polar surface area (TPSA) is 58.6 Å². The maximum absolute atomic E-state index is 13.5. The number of ether oxygens (including phenoxy) is 1. The second-order valence-electron chi connectivity index (χ2n) is 7.07. The molecular formula is C25H21FN2O3. The largest absolute Gasteiger partial charge is 0.494 e. The summed E-state index contributed by atoms with van der Waals surface area (Å²) in [5.74, 6) is -0.638. The van der Waals surface area contributed by atoms with Crippen LogP contribution in [0.2, 0.25) is 0 Å². The van der Waals surface area contributed by atoms with Crippen LogP contribution in [0.4, 0.5) is 15.8 Å². The summed E-state index contributed by atoms with van der Waals surface area (Å²) in [5.41, 5.74) is 2.74. The van der Waals surface area contributed by atoms with Crippen LogP contribution in [0, 0.1) is 12.7 Å². The van der Waals surface area contributed by atoms with E-state index in [4.69, 9.17) is 4.74 Å². The van der Waals surface area contributed by atoms with Crippen LogP contribution >= 0.6 is 0 Å². The number of hydrogen-bond donors (Lipinski definition) is 1. The molecule has 0 atom stereocenters. The number of carbonyl (C=O) groups is 2. The SMILES string of the molecule is CCOc1ccc(NC2=C(c3ccc(F)cc3)C(=O)N(c3ccccc3C)C2=O)cc1. The number of anilines is 2. The van der Waals surface area contributed by atoms with Crippen LogP contribution in [0.5, 0.6) is 5.75 Å². The highest BCUT2D eigenvalue weighted by Gasteiger charge is 2.40. The molecule has 2 amide bonds. The van der Waals surface area contributed by atoms with E-state index in [9.17, 15) is 14.0 Å². The Labute approximate surface area is 179 Å². The molecule has 0 saturated heterocycles. The van der Waals surface area contributed by atoms with E-state index in [-0.39, 0.29) is 11.3 Å². The fourth-order valence-corrected chi connectivity index (χ4v) is 3.51. The Kier molecular flexibility index (Phi) is 5.54. The highest BCUT2D eigenvalue weighted by Crippen LogP contribution is 2.35. The van der Waals surface area contributed by atoms with E-state index in [1.807, 2.05) is 26.0 Å². The first-order valence-electron chi connectivity index (χ1n) is 9.94. The molecule has 4 rings (SSSR count). The van der Waals surface area contributed by atoms with Gasteiger partial charge in [-0.3, -0.25) is 9.59 Å². The third-order valence-electron chi connectivity index (χ3n) is 5.01.